The lowest BCUT2D eigenvalue weighted by Crippen LogP contribution is -2.47. The van der Waals surface area contributed by atoms with E-state index in [1.165, 1.54) is 0 Å². The van der Waals surface area contributed by atoms with Gasteiger partial charge in [0.2, 0.25) is 0 Å². The molecule has 132 valence electrons. The Bertz CT molecular complexity index is 557. The molecule has 0 fully saturated rings. The number of rotatable bonds is 9. The summed E-state index contributed by atoms with van der Waals surface area (Å²) in [6, 6.07) is 9.59. The molecule has 0 saturated carbocycles. The standard InChI is InChI=1S/C19H30N4O/c1-4-10-19(24,11-5-2)15-23-18(21-6-3)22-14-17-9-7-8-16(12-17)13-20/h7-9,12,24H,4-6,10-11,14-15H2,1-3H3,(H2,21,22,23). The van der Waals surface area contributed by atoms with Crippen molar-refractivity contribution < 1.29 is 5.11 Å². The van der Waals surface area contributed by atoms with Crippen LogP contribution >= 0.6 is 0 Å². The predicted octanol–water partition coefficient (Wildman–Crippen LogP) is 2.94. The van der Waals surface area contributed by atoms with Crippen molar-refractivity contribution in [1.82, 2.24) is 10.6 Å². The van der Waals surface area contributed by atoms with Crippen LogP contribution in [-0.2, 0) is 6.54 Å². The van der Waals surface area contributed by atoms with Crippen LogP contribution in [0.4, 0.5) is 0 Å². The molecule has 0 spiro atoms. The fourth-order valence-corrected chi connectivity index (χ4v) is 2.73. The highest BCUT2D eigenvalue weighted by molar-refractivity contribution is 5.79. The number of nitrogens with one attached hydrogen (secondary N) is 2. The molecular weight excluding hydrogens is 300 g/mol. The van der Waals surface area contributed by atoms with Gasteiger partial charge < -0.3 is 15.7 Å². The molecule has 1 rings (SSSR count). The summed E-state index contributed by atoms with van der Waals surface area (Å²) in [4.78, 5) is 4.56. The number of nitrogens with zero attached hydrogens (tertiary/aromatic N) is 2. The SMILES string of the molecule is CCCC(O)(CCC)CNC(=NCc1cccc(C#N)c1)NCC. The van der Waals surface area contributed by atoms with E-state index in [9.17, 15) is 5.11 Å². The van der Waals surface area contributed by atoms with Gasteiger partial charge in [-0.2, -0.15) is 5.26 Å². The van der Waals surface area contributed by atoms with E-state index < -0.39 is 5.60 Å². The molecular formula is C19H30N4O. The molecule has 0 heterocycles. The van der Waals surface area contributed by atoms with Crippen molar-refractivity contribution in [1.29, 1.82) is 5.26 Å². The Balaban J connectivity index is 2.72. The normalized spacial score (nSPS) is 11.9. The molecule has 5 heteroatoms. The summed E-state index contributed by atoms with van der Waals surface area (Å²) < 4.78 is 0. The lowest BCUT2D eigenvalue weighted by molar-refractivity contribution is 0.0257. The fraction of sp³-hybridized carbons (Fsp3) is 0.579. The highest BCUT2D eigenvalue weighted by atomic mass is 16.3. The quantitative estimate of drug-likeness (QED) is 0.480. The summed E-state index contributed by atoms with van der Waals surface area (Å²) in [6.45, 7) is 7.91. The number of nitriles is 1. The van der Waals surface area contributed by atoms with Gasteiger partial charge in [0.15, 0.2) is 5.96 Å². The Morgan fingerprint density at radius 2 is 1.92 bits per heavy atom. The molecule has 0 saturated heterocycles. The van der Waals surface area contributed by atoms with Gasteiger partial charge >= 0.3 is 0 Å². The second-order valence-corrected chi connectivity index (χ2v) is 6.09. The van der Waals surface area contributed by atoms with Crippen LogP contribution in [0, 0.1) is 11.3 Å². The number of guanidine groups is 1. The highest BCUT2D eigenvalue weighted by Crippen LogP contribution is 2.18. The van der Waals surface area contributed by atoms with Crippen LogP contribution in [0.25, 0.3) is 0 Å². The van der Waals surface area contributed by atoms with Crippen molar-refractivity contribution in [2.45, 2.75) is 58.6 Å². The van der Waals surface area contributed by atoms with Crippen LogP contribution in [-0.4, -0.2) is 29.8 Å². The third-order valence-electron chi connectivity index (χ3n) is 3.84. The molecule has 0 radical (unpaired) electrons. The maximum absolute atomic E-state index is 10.7. The Morgan fingerprint density at radius 1 is 1.21 bits per heavy atom. The molecule has 0 atom stereocenters. The summed E-state index contributed by atoms with van der Waals surface area (Å²) in [7, 11) is 0. The van der Waals surface area contributed by atoms with Crippen LogP contribution in [0.2, 0.25) is 0 Å². The van der Waals surface area contributed by atoms with Crippen LogP contribution in [0.15, 0.2) is 29.3 Å². The topological polar surface area (TPSA) is 80.4 Å². The first-order valence-electron chi connectivity index (χ1n) is 8.80. The molecule has 0 aliphatic rings. The Morgan fingerprint density at radius 3 is 2.50 bits per heavy atom. The Kier molecular flexibility index (Phi) is 8.88. The fourth-order valence-electron chi connectivity index (χ4n) is 2.73. The van der Waals surface area contributed by atoms with Gasteiger partial charge in [0.1, 0.15) is 0 Å². The van der Waals surface area contributed by atoms with Crippen molar-refractivity contribution >= 4 is 5.96 Å². The zero-order chi connectivity index (χ0) is 17.8. The number of hydrogen-bond donors (Lipinski definition) is 3. The molecule has 0 bridgehead atoms. The van der Waals surface area contributed by atoms with Gasteiger partial charge in [0.25, 0.3) is 0 Å². The molecule has 24 heavy (non-hydrogen) atoms. The highest BCUT2D eigenvalue weighted by Gasteiger charge is 2.24. The summed E-state index contributed by atoms with van der Waals surface area (Å²) in [5, 5.41) is 26.1. The molecule has 0 amide bonds. The van der Waals surface area contributed by atoms with E-state index in [0.717, 1.165) is 37.8 Å². The van der Waals surface area contributed by atoms with E-state index in [1.54, 1.807) is 6.07 Å². The molecule has 1 aromatic rings. The van der Waals surface area contributed by atoms with Gasteiger partial charge in [-0.25, -0.2) is 4.99 Å². The van der Waals surface area contributed by atoms with Crippen LogP contribution in [0.3, 0.4) is 0 Å². The molecule has 0 aromatic heterocycles. The van der Waals surface area contributed by atoms with E-state index in [0.29, 0.717) is 24.6 Å². The maximum atomic E-state index is 10.7. The molecule has 0 unspecified atom stereocenters. The van der Waals surface area contributed by atoms with Crippen molar-refractivity contribution in [2.24, 2.45) is 4.99 Å². The molecule has 0 aliphatic carbocycles. The predicted molar refractivity (Wildman–Crippen MR) is 98.7 cm³/mol. The minimum atomic E-state index is -0.694. The van der Waals surface area contributed by atoms with Gasteiger partial charge in [-0.15, -0.1) is 0 Å². The van der Waals surface area contributed by atoms with Crippen LogP contribution in [0.5, 0.6) is 0 Å². The third kappa shape index (κ3) is 7.01. The lowest BCUT2D eigenvalue weighted by Gasteiger charge is -2.28. The first-order chi connectivity index (χ1) is 11.6. The van der Waals surface area contributed by atoms with Gasteiger partial charge in [-0.1, -0.05) is 38.8 Å². The van der Waals surface area contributed by atoms with Crippen molar-refractivity contribution in [2.75, 3.05) is 13.1 Å². The average Bonchev–Trinajstić information content (AvgIpc) is 2.58. The van der Waals surface area contributed by atoms with Gasteiger partial charge in [-0.3, -0.25) is 0 Å². The monoisotopic (exact) mass is 330 g/mol. The van der Waals surface area contributed by atoms with Crippen molar-refractivity contribution in [3.05, 3.63) is 35.4 Å². The number of hydrogen-bond acceptors (Lipinski definition) is 3. The lowest BCUT2D eigenvalue weighted by atomic mass is 9.93. The first-order valence-corrected chi connectivity index (χ1v) is 8.80. The van der Waals surface area contributed by atoms with Gasteiger partial charge in [0.05, 0.1) is 23.8 Å². The van der Waals surface area contributed by atoms with Crippen molar-refractivity contribution in [3.8, 4) is 6.07 Å². The van der Waals surface area contributed by atoms with E-state index in [4.69, 9.17) is 5.26 Å². The van der Waals surface area contributed by atoms with Gasteiger partial charge in [0, 0.05) is 13.1 Å². The molecule has 1 aromatic carbocycles. The third-order valence-corrected chi connectivity index (χ3v) is 3.84. The van der Waals surface area contributed by atoms with Crippen LogP contribution < -0.4 is 10.6 Å². The van der Waals surface area contributed by atoms with E-state index in [-0.39, 0.29) is 0 Å². The summed E-state index contributed by atoms with van der Waals surface area (Å²) >= 11 is 0. The average molecular weight is 330 g/mol. The minimum Gasteiger partial charge on any atom is -0.388 e. The zero-order valence-corrected chi connectivity index (χ0v) is 15.1. The summed E-state index contributed by atoms with van der Waals surface area (Å²) in [6.07, 6.45) is 3.45. The minimum absolute atomic E-state index is 0.485. The maximum Gasteiger partial charge on any atom is 0.191 e. The zero-order valence-electron chi connectivity index (χ0n) is 15.1. The summed E-state index contributed by atoms with van der Waals surface area (Å²) in [5.41, 5.74) is 0.935. The first kappa shape index (κ1) is 20.0. The smallest absolute Gasteiger partial charge is 0.191 e. The summed E-state index contributed by atoms with van der Waals surface area (Å²) in [5.74, 6) is 0.686. The molecule has 0 aliphatic heterocycles. The number of aliphatic hydroxyl groups is 1. The van der Waals surface area contributed by atoms with E-state index in [2.05, 4.69) is 35.5 Å². The van der Waals surface area contributed by atoms with E-state index in [1.807, 2.05) is 25.1 Å². The molecule has 5 nitrogen and oxygen atoms in total. The van der Waals surface area contributed by atoms with Gasteiger partial charge in [-0.05, 0) is 37.5 Å². The largest absolute Gasteiger partial charge is 0.388 e. The Labute approximate surface area is 145 Å². The van der Waals surface area contributed by atoms with Crippen molar-refractivity contribution in [3.63, 3.8) is 0 Å². The number of aliphatic imine (C=N–C) groups is 1. The molecule has 3 N–H and O–H groups in total. The Hall–Kier alpha value is -2.06. The number of benzene rings is 1. The van der Waals surface area contributed by atoms with Crippen LogP contribution in [0.1, 0.15) is 57.6 Å². The second kappa shape index (κ2) is 10.7. The second-order valence-electron chi connectivity index (χ2n) is 6.09. The van der Waals surface area contributed by atoms with E-state index >= 15 is 0 Å².